The van der Waals surface area contributed by atoms with Crippen LogP contribution in [0.3, 0.4) is 0 Å². The monoisotopic (exact) mass is 522 g/mol. The second-order valence-corrected chi connectivity index (χ2v) is 9.94. The number of nitrogens with one attached hydrogen (secondary N) is 2. The molecule has 5 rings (SSSR count). The van der Waals surface area contributed by atoms with Gasteiger partial charge < -0.3 is 20.1 Å². The molecule has 0 spiro atoms. The Balaban J connectivity index is 1.54. The predicted molar refractivity (Wildman–Crippen MR) is 144 cm³/mol. The molecule has 9 heteroatoms. The largest absolute Gasteiger partial charge is 0.490 e. The first-order valence-electron chi connectivity index (χ1n) is 11.9. The molecule has 0 aromatic heterocycles. The SMILES string of the molecule is CCOc1cc(C2Nc3ccccc3C3C(=O)NC(SCC)=NN23)cc(Cl)c1OCc1ccccc1. The van der Waals surface area contributed by atoms with E-state index in [0.717, 1.165) is 28.1 Å². The van der Waals surface area contributed by atoms with Crippen LogP contribution in [-0.4, -0.2) is 28.4 Å². The van der Waals surface area contributed by atoms with E-state index in [1.54, 1.807) is 0 Å². The molecule has 1 amide bonds. The minimum absolute atomic E-state index is 0.112. The molecule has 2 atom stereocenters. The van der Waals surface area contributed by atoms with Gasteiger partial charge in [-0.05, 0) is 36.4 Å². The first-order valence-corrected chi connectivity index (χ1v) is 13.2. The number of nitrogens with zero attached hydrogens (tertiary/aromatic N) is 2. The Kier molecular flexibility index (Phi) is 7.25. The van der Waals surface area contributed by atoms with E-state index in [9.17, 15) is 4.79 Å². The van der Waals surface area contributed by atoms with Crippen molar-refractivity contribution in [2.75, 3.05) is 17.7 Å². The summed E-state index contributed by atoms with van der Waals surface area (Å²) in [5.41, 5.74) is 3.59. The van der Waals surface area contributed by atoms with Crippen LogP contribution >= 0.6 is 23.4 Å². The second-order valence-electron chi connectivity index (χ2n) is 8.28. The molecule has 36 heavy (non-hydrogen) atoms. The van der Waals surface area contributed by atoms with Crippen LogP contribution in [-0.2, 0) is 11.4 Å². The zero-order valence-corrected chi connectivity index (χ0v) is 21.6. The van der Waals surface area contributed by atoms with Crippen molar-refractivity contribution < 1.29 is 14.3 Å². The number of hydrogen-bond donors (Lipinski definition) is 2. The van der Waals surface area contributed by atoms with Crippen molar-refractivity contribution in [1.29, 1.82) is 0 Å². The van der Waals surface area contributed by atoms with Gasteiger partial charge in [0, 0.05) is 16.8 Å². The van der Waals surface area contributed by atoms with E-state index < -0.39 is 12.2 Å². The van der Waals surface area contributed by atoms with Crippen molar-refractivity contribution >= 4 is 40.1 Å². The lowest BCUT2D eigenvalue weighted by Gasteiger charge is -2.43. The van der Waals surface area contributed by atoms with Gasteiger partial charge in [-0.25, -0.2) is 0 Å². The molecule has 7 nitrogen and oxygen atoms in total. The summed E-state index contributed by atoms with van der Waals surface area (Å²) in [5, 5.41) is 14.1. The van der Waals surface area contributed by atoms with E-state index in [4.69, 9.17) is 26.2 Å². The number of benzene rings is 3. The van der Waals surface area contributed by atoms with E-state index in [2.05, 4.69) is 10.6 Å². The topological polar surface area (TPSA) is 75.2 Å². The van der Waals surface area contributed by atoms with Crippen LogP contribution in [0.5, 0.6) is 11.5 Å². The number of rotatable bonds is 7. The molecule has 3 aromatic carbocycles. The van der Waals surface area contributed by atoms with Gasteiger partial charge in [-0.3, -0.25) is 9.80 Å². The van der Waals surface area contributed by atoms with Gasteiger partial charge in [0.1, 0.15) is 12.8 Å². The first-order chi connectivity index (χ1) is 17.6. The average Bonchev–Trinajstić information content (AvgIpc) is 2.88. The van der Waals surface area contributed by atoms with Crippen LogP contribution in [0.15, 0.2) is 71.8 Å². The molecule has 0 bridgehead atoms. The highest BCUT2D eigenvalue weighted by atomic mass is 35.5. The maximum atomic E-state index is 13.2. The number of anilines is 1. The molecule has 0 radical (unpaired) electrons. The highest BCUT2D eigenvalue weighted by Gasteiger charge is 2.42. The summed E-state index contributed by atoms with van der Waals surface area (Å²) < 4.78 is 12.0. The summed E-state index contributed by atoms with van der Waals surface area (Å²) in [7, 11) is 0. The number of hydrazone groups is 1. The molecule has 0 fully saturated rings. The van der Waals surface area contributed by atoms with Gasteiger partial charge in [-0.1, -0.05) is 78.8 Å². The lowest BCUT2D eigenvalue weighted by atomic mass is 9.97. The van der Waals surface area contributed by atoms with Gasteiger partial charge in [0.05, 0.1) is 11.6 Å². The molecule has 0 saturated heterocycles. The molecular weight excluding hydrogens is 496 g/mol. The summed E-state index contributed by atoms with van der Waals surface area (Å²) in [6, 6.07) is 20.9. The molecule has 2 unspecified atom stereocenters. The van der Waals surface area contributed by atoms with E-state index >= 15 is 0 Å². The summed E-state index contributed by atoms with van der Waals surface area (Å²) in [4.78, 5) is 13.2. The maximum absolute atomic E-state index is 13.2. The molecule has 2 aliphatic heterocycles. The van der Waals surface area contributed by atoms with Crippen molar-refractivity contribution in [2.45, 2.75) is 32.7 Å². The lowest BCUT2D eigenvalue weighted by Crippen LogP contribution is -2.50. The standard InChI is InChI=1S/C27H27ClN4O3S/c1-3-34-22-15-18(14-20(28)24(22)35-16-17-10-6-5-7-11-17)25-29-21-13-9-8-12-19(21)23-26(33)30-27(36-4-2)31-32(23)25/h5-15,23,25,29H,3-4,16H2,1-2H3,(H,30,31,33). The predicted octanol–water partition coefficient (Wildman–Crippen LogP) is 5.94. The highest BCUT2D eigenvalue weighted by Crippen LogP contribution is 2.45. The molecule has 0 aliphatic carbocycles. The fourth-order valence-corrected chi connectivity index (χ4v) is 5.24. The van der Waals surface area contributed by atoms with Gasteiger partial charge in [-0.2, -0.15) is 0 Å². The first kappa shape index (κ1) is 24.3. The Morgan fingerprint density at radius 1 is 1.06 bits per heavy atom. The summed E-state index contributed by atoms with van der Waals surface area (Å²) >= 11 is 8.26. The van der Waals surface area contributed by atoms with E-state index in [1.807, 2.05) is 85.6 Å². The molecule has 2 N–H and O–H groups in total. The Hall–Kier alpha value is -3.36. The zero-order chi connectivity index (χ0) is 25.1. The van der Waals surface area contributed by atoms with Crippen LogP contribution in [0.2, 0.25) is 5.02 Å². The van der Waals surface area contributed by atoms with Crippen LogP contribution in [0.4, 0.5) is 5.69 Å². The highest BCUT2D eigenvalue weighted by molar-refractivity contribution is 8.13. The lowest BCUT2D eigenvalue weighted by molar-refractivity contribution is -0.127. The van der Waals surface area contributed by atoms with E-state index in [-0.39, 0.29) is 5.91 Å². The summed E-state index contributed by atoms with van der Waals surface area (Å²) in [5.74, 6) is 1.71. The molecule has 186 valence electrons. The Morgan fingerprint density at radius 2 is 1.83 bits per heavy atom. The molecular formula is C27H27ClN4O3S. The molecule has 0 saturated carbocycles. The van der Waals surface area contributed by atoms with Gasteiger partial charge >= 0.3 is 0 Å². The number of para-hydroxylation sites is 1. The number of fused-ring (bicyclic) bond motifs is 3. The second kappa shape index (κ2) is 10.7. The third-order valence-electron chi connectivity index (χ3n) is 5.92. The zero-order valence-electron chi connectivity index (χ0n) is 20.0. The number of hydrogen-bond acceptors (Lipinski definition) is 7. The van der Waals surface area contributed by atoms with E-state index in [1.165, 1.54) is 11.8 Å². The van der Waals surface area contributed by atoms with Gasteiger partial charge in [-0.15, -0.1) is 5.10 Å². The van der Waals surface area contributed by atoms with Crippen molar-refractivity contribution in [3.05, 3.63) is 88.4 Å². The number of amidine groups is 1. The number of carbonyl (C=O) groups is 1. The third-order valence-corrected chi connectivity index (χ3v) is 6.94. The summed E-state index contributed by atoms with van der Waals surface area (Å²) in [6.45, 7) is 4.76. The van der Waals surface area contributed by atoms with E-state index in [0.29, 0.717) is 34.9 Å². The van der Waals surface area contributed by atoms with Crippen LogP contribution < -0.4 is 20.1 Å². The summed E-state index contributed by atoms with van der Waals surface area (Å²) in [6.07, 6.45) is -0.441. The average molecular weight is 523 g/mol. The normalized spacial score (nSPS) is 18.4. The number of halogens is 1. The molecule has 2 aliphatic rings. The third kappa shape index (κ3) is 4.83. The number of amides is 1. The fraction of sp³-hybridized carbons (Fsp3) is 0.259. The molecule has 3 aromatic rings. The number of thioether (sulfide) groups is 1. The van der Waals surface area contributed by atoms with Crippen molar-refractivity contribution in [3.63, 3.8) is 0 Å². The van der Waals surface area contributed by atoms with Gasteiger partial charge in [0.25, 0.3) is 5.91 Å². The van der Waals surface area contributed by atoms with Crippen LogP contribution in [0, 0.1) is 0 Å². The minimum atomic E-state index is -0.572. The van der Waals surface area contributed by atoms with Crippen molar-refractivity contribution in [2.24, 2.45) is 5.10 Å². The van der Waals surface area contributed by atoms with Crippen LogP contribution in [0.25, 0.3) is 0 Å². The smallest absolute Gasteiger partial charge is 0.255 e. The quantitative estimate of drug-likeness (QED) is 0.400. The van der Waals surface area contributed by atoms with Crippen molar-refractivity contribution in [1.82, 2.24) is 10.3 Å². The Morgan fingerprint density at radius 3 is 2.61 bits per heavy atom. The van der Waals surface area contributed by atoms with Gasteiger partial charge in [0.15, 0.2) is 22.7 Å². The Labute approximate surface area is 219 Å². The number of ether oxygens (including phenoxy) is 2. The minimum Gasteiger partial charge on any atom is -0.490 e. The maximum Gasteiger partial charge on any atom is 0.255 e. The number of carbonyl (C=O) groups excluding carboxylic acids is 1. The Bertz CT molecular complexity index is 1290. The van der Waals surface area contributed by atoms with Crippen molar-refractivity contribution in [3.8, 4) is 11.5 Å². The fourth-order valence-electron chi connectivity index (χ4n) is 4.37. The van der Waals surface area contributed by atoms with Gasteiger partial charge in [0.2, 0.25) is 0 Å². The van der Waals surface area contributed by atoms with Crippen LogP contribution in [0.1, 0.15) is 42.7 Å². The molecule has 2 heterocycles.